The molecule has 4 rings (SSSR count). The predicted octanol–water partition coefficient (Wildman–Crippen LogP) is 3.34. The highest BCUT2D eigenvalue weighted by atomic mass is 35.5. The number of carbonyl (C=O) groups is 1. The molecule has 0 atom stereocenters. The van der Waals surface area contributed by atoms with E-state index in [1.165, 1.54) is 4.80 Å². The number of aromatic nitrogens is 6. The number of hydrogen-bond donors (Lipinski definition) is 0. The SMILES string of the molecule is CC(C)(C)OC(=O)N1CCC(Oc2nnc(Cn3nccn3)n2-c2ccc(Cl)cc2)CC1. The number of hydrogen-bond acceptors (Lipinski definition) is 7. The maximum absolute atomic E-state index is 12.3. The smallest absolute Gasteiger partial charge is 0.410 e. The van der Waals surface area contributed by atoms with Gasteiger partial charge < -0.3 is 14.4 Å². The number of nitrogens with zero attached hydrogens (tertiary/aromatic N) is 7. The van der Waals surface area contributed by atoms with Gasteiger partial charge in [0, 0.05) is 31.0 Å². The molecule has 32 heavy (non-hydrogen) atoms. The highest BCUT2D eigenvalue weighted by molar-refractivity contribution is 6.30. The third kappa shape index (κ3) is 5.37. The van der Waals surface area contributed by atoms with Gasteiger partial charge in [0.15, 0.2) is 5.82 Å². The molecule has 3 heterocycles. The Labute approximate surface area is 191 Å². The summed E-state index contributed by atoms with van der Waals surface area (Å²) in [5.41, 5.74) is 0.307. The molecule has 3 aromatic rings. The zero-order valence-corrected chi connectivity index (χ0v) is 19.1. The number of halogens is 1. The molecule has 0 saturated carbocycles. The van der Waals surface area contributed by atoms with Crippen molar-refractivity contribution in [2.24, 2.45) is 0 Å². The summed E-state index contributed by atoms with van der Waals surface area (Å²) in [5, 5.41) is 17.5. The molecule has 1 saturated heterocycles. The molecule has 0 radical (unpaired) electrons. The van der Waals surface area contributed by atoms with Crippen molar-refractivity contribution in [3.05, 3.63) is 47.5 Å². The summed E-state index contributed by atoms with van der Waals surface area (Å²) in [6.07, 6.45) is 4.16. The second-order valence-corrected chi connectivity index (χ2v) is 8.99. The van der Waals surface area contributed by atoms with E-state index in [2.05, 4.69) is 20.4 Å². The highest BCUT2D eigenvalue weighted by Gasteiger charge is 2.29. The van der Waals surface area contributed by atoms with E-state index < -0.39 is 5.60 Å². The summed E-state index contributed by atoms with van der Waals surface area (Å²) in [5.74, 6) is 0.629. The van der Waals surface area contributed by atoms with E-state index in [1.54, 1.807) is 29.4 Å². The molecule has 0 spiro atoms. The van der Waals surface area contributed by atoms with Crippen LogP contribution in [0.1, 0.15) is 39.4 Å². The fourth-order valence-corrected chi connectivity index (χ4v) is 3.54. The van der Waals surface area contributed by atoms with Gasteiger partial charge >= 0.3 is 12.1 Å². The molecule has 2 aromatic heterocycles. The van der Waals surface area contributed by atoms with Gasteiger partial charge in [-0.15, -0.1) is 5.10 Å². The topological polar surface area (TPSA) is 100 Å². The molecule has 0 unspecified atom stereocenters. The van der Waals surface area contributed by atoms with Crippen LogP contribution in [0.15, 0.2) is 36.7 Å². The van der Waals surface area contributed by atoms with Crippen LogP contribution in [0.2, 0.25) is 5.02 Å². The predicted molar refractivity (Wildman–Crippen MR) is 117 cm³/mol. The van der Waals surface area contributed by atoms with E-state index in [-0.39, 0.29) is 12.2 Å². The van der Waals surface area contributed by atoms with Crippen LogP contribution < -0.4 is 4.74 Å². The number of amides is 1. The van der Waals surface area contributed by atoms with E-state index in [4.69, 9.17) is 21.1 Å². The average Bonchev–Trinajstić information content (AvgIpc) is 3.39. The van der Waals surface area contributed by atoms with E-state index in [0.717, 1.165) is 5.69 Å². The lowest BCUT2D eigenvalue weighted by Crippen LogP contribution is -2.44. The zero-order chi connectivity index (χ0) is 22.7. The number of carbonyl (C=O) groups excluding carboxylic acids is 1. The van der Waals surface area contributed by atoms with Gasteiger partial charge in [-0.2, -0.15) is 15.0 Å². The molecule has 1 aliphatic rings. The Morgan fingerprint density at radius 3 is 2.38 bits per heavy atom. The van der Waals surface area contributed by atoms with Gasteiger partial charge in [-0.3, -0.25) is 0 Å². The number of ether oxygens (including phenoxy) is 2. The minimum atomic E-state index is -0.515. The molecular formula is C21H26ClN7O3. The molecule has 1 amide bonds. The lowest BCUT2D eigenvalue weighted by atomic mass is 10.1. The Balaban J connectivity index is 1.48. The van der Waals surface area contributed by atoms with Crippen LogP contribution in [0.4, 0.5) is 4.79 Å². The first-order valence-electron chi connectivity index (χ1n) is 10.5. The fraction of sp³-hybridized carbons (Fsp3) is 0.476. The van der Waals surface area contributed by atoms with Crippen molar-refractivity contribution in [1.29, 1.82) is 0 Å². The van der Waals surface area contributed by atoms with Gasteiger partial charge in [-0.05, 0) is 45.0 Å². The van der Waals surface area contributed by atoms with Crippen LogP contribution in [-0.2, 0) is 11.3 Å². The summed E-state index contributed by atoms with van der Waals surface area (Å²) < 4.78 is 13.5. The molecule has 1 fully saturated rings. The van der Waals surface area contributed by atoms with Crippen molar-refractivity contribution in [1.82, 2.24) is 34.7 Å². The Morgan fingerprint density at radius 1 is 1.09 bits per heavy atom. The molecule has 0 N–H and O–H groups in total. The quantitative estimate of drug-likeness (QED) is 0.576. The number of piperidine rings is 1. The summed E-state index contributed by atoms with van der Waals surface area (Å²) in [4.78, 5) is 15.6. The fourth-order valence-electron chi connectivity index (χ4n) is 3.41. The molecule has 1 aromatic carbocycles. The average molecular weight is 460 g/mol. The minimum absolute atomic E-state index is 0.0976. The Morgan fingerprint density at radius 2 is 1.75 bits per heavy atom. The number of benzene rings is 1. The van der Waals surface area contributed by atoms with Crippen LogP contribution in [0, 0.1) is 0 Å². The van der Waals surface area contributed by atoms with E-state index in [0.29, 0.717) is 49.3 Å². The summed E-state index contributed by atoms with van der Waals surface area (Å²) in [6.45, 7) is 7.03. The minimum Gasteiger partial charge on any atom is -0.460 e. The van der Waals surface area contributed by atoms with Crippen LogP contribution in [0.25, 0.3) is 5.69 Å². The van der Waals surface area contributed by atoms with Gasteiger partial charge in [0.25, 0.3) is 0 Å². The molecule has 11 heteroatoms. The second-order valence-electron chi connectivity index (χ2n) is 8.55. The molecular weight excluding hydrogens is 434 g/mol. The third-order valence-electron chi connectivity index (χ3n) is 4.90. The van der Waals surface area contributed by atoms with Crippen LogP contribution in [0.5, 0.6) is 6.01 Å². The van der Waals surface area contributed by atoms with Crippen molar-refractivity contribution in [3.8, 4) is 11.7 Å². The van der Waals surface area contributed by atoms with Gasteiger partial charge in [0.1, 0.15) is 18.2 Å². The zero-order valence-electron chi connectivity index (χ0n) is 18.3. The van der Waals surface area contributed by atoms with Crippen LogP contribution >= 0.6 is 11.6 Å². The van der Waals surface area contributed by atoms with E-state index in [1.807, 2.05) is 37.5 Å². The number of likely N-dealkylation sites (tertiary alicyclic amines) is 1. The largest absolute Gasteiger partial charge is 0.460 e. The first kappa shape index (κ1) is 22.1. The van der Waals surface area contributed by atoms with Gasteiger partial charge in [0.2, 0.25) is 0 Å². The van der Waals surface area contributed by atoms with Crippen LogP contribution in [0.3, 0.4) is 0 Å². The summed E-state index contributed by atoms with van der Waals surface area (Å²) >= 11 is 6.06. The van der Waals surface area contributed by atoms with E-state index in [9.17, 15) is 4.79 Å². The van der Waals surface area contributed by atoms with Crippen molar-refractivity contribution in [2.45, 2.75) is 51.9 Å². The second kappa shape index (κ2) is 9.15. The molecule has 0 bridgehead atoms. The number of rotatable bonds is 5. The van der Waals surface area contributed by atoms with Gasteiger partial charge in [0.05, 0.1) is 18.1 Å². The van der Waals surface area contributed by atoms with Crippen LogP contribution in [-0.4, -0.2) is 65.5 Å². The van der Waals surface area contributed by atoms with Crippen molar-refractivity contribution >= 4 is 17.7 Å². The summed E-state index contributed by atoms with van der Waals surface area (Å²) in [6, 6.07) is 7.74. The first-order valence-corrected chi connectivity index (χ1v) is 10.9. The van der Waals surface area contributed by atoms with E-state index >= 15 is 0 Å². The monoisotopic (exact) mass is 459 g/mol. The highest BCUT2D eigenvalue weighted by Crippen LogP contribution is 2.24. The standard InChI is InChI=1S/C21H26ClN7O3/c1-21(2,3)32-20(30)27-12-8-17(9-13-27)31-19-26-25-18(14-28-23-10-11-24-28)29(19)16-6-4-15(22)5-7-16/h4-7,10-11,17H,8-9,12-14H2,1-3H3. The maximum Gasteiger partial charge on any atom is 0.410 e. The first-order chi connectivity index (χ1) is 15.3. The Bertz CT molecular complexity index is 1040. The van der Waals surface area contributed by atoms with Crippen molar-refractivity contribution in [2.75, 3.05) is 13.1 Å². The van der Waals surface area contributed by atoms with Gasteiger partial charge in [-0.1, -0.05) is 16.7 Å². The normalized spacial score (nSPS) is 15.1. The Hall–Kier alpha value is -3.14. The molecule has 0 aliphatic carbocycles. The molecule has 170 valence electrons. The lowest BCUT2D eigenvalue weighted by molar-refractivity contribution is 0.0117. The van der Waals surface area contributed by atoms with Gasteiger partial charge in [-0.25, -0.2) is 9.36 Å². The molecule has 1 aliphatic heterocycles. The van der Waals surface area contributed by atoms with Crippen molar-refractivity contribution < 1.29 is 14.3 Å². The van der Waals surface area contributed by atoms with Crippen molar-refractivity contribution in [3.63, 3.8) is 0 Å². The molecule has 10 nitrogen and oxygen atoms in total. The third-order valence-corrected chi connectivity index (χ3v) is 5.15. The lowest BCUT2D eigenvalue weighted by Gasteiger charge is -2.33. The summed E-state index contributed by atoms with van der Waals surface area (Å²) in [7, 11) is 0. The maximum atomic E-state index is 12.3. The Kier molecular flexibility index (Phi) is 6.31.